The first kappa shape index (κ1) is 17.7. The molecule has 0 atom stereocenters. The average Bonchev–Trinajstić information content (AvgIpc) is 2.43. The first-order chi connectivity index (χ1) is 10.0. The Labute approximate surface area is 124 Å². The van der Waals surface area contributed by atoms with Crippen LogP contribution in [0.2, 0.25) is 0 Å². The van der Waals surface area contributed by atoms with Gasteiger partial charge in [0.1, 0.15) is 6.61 Å². The lowest BCUT2D eigenvalue weighted by Gasteiger charge is -2.14. The summed E-state index contributed by atoms with van der Waals surface area (Å²) in [5.74, 6) is 1.38. The van der Waals surface area contributed by atoms with Crippen LogP contribution in [0.5, 0.6) is 11.5 Å². The van der Waals surface area contributed by atoms with E-state index in [-0.39, 0.29) is 12.7 Å². The fourth-order valence-electron chi connectivity index (χ4n) is 1.72. The van der Waals surface area contributed by atoms with Crippen molar-refractivity contribution in [1.29, 1.82) is 0 Å². The van der Waals surface area contributed by atoms with Gasteiger partial charge in [-0.3, -0.25) is 0 Å². The molecule has 0 aliphatic rings. The zero-order chi connectivity index (χ0) is 15.7. The fraction of sp³-hybridized carbons (Fsp3) is 0.600. The van der Waals surface area contributed by atoms with Gasteiger partial charge in [0.15, 0.2) is 11.5 Å². The standard InChI is InChI=1S/C15H23F2NO3/c1-11(2)21-13-5-4-12(8-14(13)19-3)9-18-6-7-20-10-15(16)17/h4-5,8,11,15,18H,6-7,9-10H2,1-3H3. The molecule has 0 radical (unpaired) electrons. The summed E-state index contributed by atoms with van der Waals surface area (Å²) in [7, 11) is 1.60. The number of rotatable bonds is 10. The van der Waals surface area contributed by atoms with Crippen molar-refractivity contribution in [3.63, 3.8) is 0 Å². The normalized spacial score (nSPS) is 11.2. The van der Waals surface area contributed by atoms with Crippen LogP contribution in [0.3, 0.4) is 0 Å². The molecule has 0 saturated carbocycles. The van der Waals surface area contributed by atoms with Crippen molar-refractivity contribution in [2.24, 2.45) is 0 Å². The third kappa shape index (κ3) is 7.24. The molecule has 1 aromatic carbocycles. The van der Waals surface area contributed by atoms with E-state index in [1.807, 2.05) is 32.0 Å². The van der Waals surface area contributed by atoms with Gasteiger partial charge in [-0.15, -0.1) is 0 Å². The highest BCUT2D eigenvalue weighted by atomic mass is 19.3. The van der Waals surface area contributed by atoms with E-state index in [4.69, 9.17) is 14.2 Å². The highest BCUT2D eigenvalue weighted by Crippen LogP contribution is 2.28. The zero-order valence-electron chi connectivity index (χ0n) is 12.7. The van der Waals surface area contributed by atoms with Gasteiger partial charge in [-0.05, 0) is 31.5 Å². The number of benzene rings is 1. The molecule has 0 bridgehead atoms. The first-order valence-corrected chi connectivity index (χ1v) is 6.93. The molecule has 0 heterocycles. The predicted octanol–water partition coefficient (Wildman–Crippen LogP) is 2.85. The highest BCUT2D eigenvalue weighted by molar-refractivity contribution is 5.43. The Kier molecular flexibility index (Phi) is 8.00. The summed E-state index contributed by atoms with van der Waals surface area (Å²) in [6, 6.07) is 5.70. The number of nitrogens with one attached hydrogen (secondary N) is 1. The molecule has 6 heteroatoms. The van der Waals surface area contributed by atoms with E-state index >= 15 is 0 Å². The molecule has 21 heavy (non-hydrogen) atoms. The molecule has 1 aromatic rings. The monoisotopic (exact) mass is 303 g/mol. The number of methoxy groups -OCH3 is 1. The Morgan fingerprint density at radius 3 is 2.57 bits per heavy atom. The number of hydrogen-bond donors (Lipinski definition) is 1. The SMILES string of the molecule is COc1cc(CNCCOCC(F)F)ccc1OC(C)C. The molecule has 120 valence electrons. The molecule has 0 aliphatic heterocycles. The summed E-state index contributed by atoms with van der Waals surface area (Å²) in [6.45, 7) is 4.77. The Hall–Kier alpha value is -1.40. The smallest absolute Gasteiger partial charge is 0.261 e. The van der Waals surface area contributed by atoms with Crippen molar-refractivity contribution in [2.45, 2.75) is 32.9 Å². The van der Waals surface area contributed by atoms with Crippen LogP contribution in [0.4, 0.5) is 8.78 Å². The molecule has 1 N–H and O–H groups in total. The lowest BCUT2D eigenvalue weighted by atomic mass is 10.2. The molecule has 0 spiro atoms. The van der Waals surface area contributed by atoms with Crippen molar-refractivity contribution in [2.75, 3.05) is 26.9 Å². The summed E-state index contributed by atoms with van der Waals surface area (Å²) in [6.07, 6.45) is -2.34. The molecule has 4 nitrogen and oxygen atoms in total. The van der Waals surface area contributed by atoms with Crippen molar-refractivity contribution in [1.82, 2.24) is 5.32 Å². The maximum absolute atomic E-state index is 11.8. The van der Waals surface area contributed by atoms with E-state index in [2.05, 4.69) is 5.32 Å². The van der Waals surface area contributed by atoms with Gasteiger partial charge >= 0.3 is 0 Å². The minimum absolute atomic E-state index is 0.0786. The van der Waals surface area contributed by atoms with Crippen LogP contribution in [-0.4, -0.2) is 39.4 Å². The van der Waals surface area contributed by atoms with Crippen LogP contribution >= 0.6 is 0 Å². The molecule has 0 amide bonds. The Morgan fingerprint density at radius 2 is 1.95 bits per heavy atom. The van der Waals surface area contributed by atoms with E-state index in [1.54, 1.807) is 7.11 Å². The number of hydrogen-bond acceptors (Lipinski definition) is 4. The lowest BCUT2D eigenvalue weighted by molar-refractivity contribution is 0.0187. The Bertz CT molecular complexity index is 414. The maximum atomic E-state index is 11.8. The quantitative estimate of drug-likeness (QED) is 0.675. The third-order valence-electron chi connectivity index (χ3n) is 2.59. The molecular weight excluding hydrogens is 280 g/mol. The predicted molar refractivity (Wildman–Crippen MR) is 77.3 cm³/mol. The molecule has 0 aliphatic carbocycles. The molecule has 1 rings (SSSR count). The Balaban J connectivity index is 2.38. The second kappa shape index (κ2) is 9.52. The van der Waals surface area contributed by atoms with E-state index in [9.17, 15) is 8.78 Å². The number of alkyl halides is 2. The van der Waals surface area contributed by atoms with Crippen molar-refractivity contribution in [3.8, 4) is 11.5 Å². The van der Waals surface area contributed by atoms with Crippen LogP contribution in [0.1, 0.15) is 19.4 Å². The van der Waals surface area contributed by atoms with Crippen LogP contribution < -0.4 is 14.8 Å². The largest absolute Gasteiger partial charge is 0.493 e. The van der Waals surface area contributed by atoms with Crippen molar-refractivity contribution < 1.29 is 23.0 Å². The maximum Gasteiger partial charge on any atom is 0.261 e. The minimum atomic E-state index is -2.41. The second-order valence-electron chi connectivity index (χ2n) is 4.79. The molecule has 0 saturated heterocycles. The van der Waals surface area contributed by atoms with E-state index in [0.29, 0.717) is 24.6 Å². The van der Waals surface area contributed by atoms with Gasteiger partial charge in [-0.25, -0.2) is 8.78 Å². The van der Waals surface area contributed by atoms with Gasteiger partial charge in [0.25, 0.3) is 6.43 Å². The lowest BCUT2D eigenvalue weighted by Crippen LogP contribution is -2.20. The zero-order valence-corrected chi connectivity index (χ0v) is 12.7. The van der Waals surface area contributed by atoms with Gasteiger partial charge in [-0.2, -0.15) is 0 Å². The van der Waals surface area contributed by atoms with E-state index < -0.39 is 13.0 Å². The summed E-state index contributed by atoms with van der Waals surface area (Å²) in [5, 5.41) is 3.12. The number of halogens is 2. The van der Waals surface area contributed by atoms with E-state index in [1.165, 1.54) is 0 Å². The second-order valence-corrected chi connectivity index (χ2v) is 4.79. The highest BCUT2D eigenvalue weighted by Gasteiger charge is 2.07. The molecule has 0 aromatic heterocycles. The summed E-state index contributed by atoms with van der Waals surface area (Å²) in [4.78, 5) is 0. The van der Waals surface area contributed by atoms with Gasteiger partial charge in [0.05, 0.1) is 19.8 Å². The van der Waals surface area contributed by atoms with Gasteiger partial charge < -0.3 is 19.5 Å². The summed E-state index contributed by atoms with van der Waals surface area (Å²) < 4.78 is 39.4. The van der Waals surface area contributed by atoms with Crippen LogP contribution in [0.25, 0.3) is 0 Å². The first-order valence-electron chi connectivity index (χ1n) is 6.93. The molecular formula is C15H23F2NO3. The summed E-state index contributed by atoms with van der Waals surface area (Å²) in [5.41, 5.74) is 1.02. The van der Waals surface area contributed by atoms with Gasteiger partial charge in [0.2, 0.25) is 0 Å². The van der Waals surface area contributed by atoms with E-state index in [0.717, 1.165) is 5.56 Å². The Morgan fingerprint density at radius 1 is 1.19 bits per heavy atom. The van der Waals surface area contributed by atoms with Crippen molar-refractivity contribution >= 4 is 0 Å². The van der Waals surface area contributed by atoms with Crippen LogP contribution in [-0.2, 0) is 11.3 Å². The molecule has 0 unspecified atom stereocenters. The van der Waals surface area contributed by atoms with Crippen molar-refractivity contribution in [3.05, 3.63) is 23.8 Å². The van der Waals surface area contributed by atoms with Crippen LogP contribution in [0, 0.1) is 0 Å². The fourth-order valence-corrected chi connectivity index (χ4v) is 1.72. The van der Waals surface area contributed by atoms with Crippen LogP contribution in [0.15, 0.2) is 18.2 Å². The molecule has 0 fully saturated rings. The van der Waals surface area contributed by atoms with Gasteiger partial charge in [0, 0.05) is 13.1 Å². The third-order valence-corrected chi connectivity index (χ3v) is 2.59. The summed E-state index contributed by atoms with van der Waals surface area (Å²) >= 11 is 0. The topological polar surface area (TPSA) is 39.7 Å². The van der Waals surface area contributed by atoms with Gasteiger partial charge in [-0.1, -0.05) is 6.07 Å². The minimum Gasteiger partial charge on any atom is -0.493 e. The number of ether oxygens (including phenoxy) is 3. The average molecular weight is 303 g/mol.